The van der Waals surface area contributed by atoms with Gasteiger partial charge in [0.2, 0.25) is 5.78 Å². The van der Waals surface area contributed by atoms with Crippen molar-refractivity contribution in [1.29, 1.82) is 0 Å². The van der Waals surface area contributed by atoms with Gasteiger partial charge < -0.3 is 5.73 Å². The number of aryl methyl sites for hydroxylation is 1. The SMILES string of the molecule is Cc1cc(C(=O)c2c(F)ccc(N)c2F)c(F)cc1F. The summed E-state index contributed by atoms with van der Waals surface area (Å²) < 4.78 is 54.0. The number of benzene rings is 2. The van der Waals surface area contributed by atoms with Crippen LogP contribution >= 0.6 is 0 Å². The average Bonchev–Trinajstić information content (AvgIpc) is 2.38. The fourth-order valence-electron chi connectivity index (χ4n) is 1.74. The Morgan fingerprint density at radius 2 is 1.65 bits per heavy atom. The molecular formula is C14H9F4NO. The molecule has 0 spiro atoms. The Bertz CT molecular complexity index is 713. The summed E-state index contributed by atoms with van der Waals surface area (Å²) in [6.07, 6.45) is 0. The Kier molecular flexibility index (Phi) is 3.48. The average molecular weight is 283 g/mol. The fourth-order valence-corrected chi connectivity index (χ4v) is 1.74. The van der Waals surface area contributed by atoms with Gasteiger partial charge in [0.1, 0.15) is 17.5 Å². The molecule has 2 aromatic rings. The molecule has 0 amide bonds. The standard InChI is InChI=1S/C14H9F4NO/c1-6-4-7(10(17)5-9(6)16)14(20)12-8(15)2-3-11(19)13(12)18/h2-5H,19H2,1H3. The van der Waals surface area contributed by atoms with Gasteiger partial charge in [0.15, 0.2) is 5.82 Å². The molecule has 0 atom stereocenters. The van der Waals surface area contributed by atoms with E-state index in [0.717, 1.165) is 18.2 Å². The lowest BCUT2D eigenvalue weighted by Crippen LogP contribution is -2.12. The molecule has 0 heterocycles. The molecule has 0 aliphatic heterocycles. The van der Waals surface area contributed by atoms with Crippen molar-refractivity contribution in [2.75, 3.05) is 5.73 Å². The van der Waals surface area contributed by atoms with Gasteiger partial charge >= 0.3 is 0 Å². The van der Waals surface area contributed by atoms with Crippen LogP contribution in [0.15, 0.2) is 24.3 Å². The Hall–Kier alpha value is -2.37. The topological polar surface area (TPSA) is 43.1 Å². The van der Waals surface area contributed by atoms with Crippen LogP contribution < -0.4 is 5.73 Å². The van der Waals surface area contributed by atoms with Crippen molar-refractivity contribution in [3.63, 3.8) is 0 Å². The Morgan fingerprint density at radius 1 is 1.00 bits per heavy atom. The maximum atomic E-state index is 13.7. The van der Waals surface area contributed by atoms with E-state index in [1.807, 2.05) is 0 Å². The summed E-state index contributed by atoms with van der Waals surface area (Å²) in [5.41, 5.74) is 3.22. The highest BCUT2D eigenvalue weighted by Crippen LogP contribution is 2.24. The number of carbonyl (C=O) groups excluding carboxylic acids is 1. The van der Waals surface area contributed by atoms with Gasteiger partial charge in [-0.05, 0) is 30.7 Å². The van der Waals surface area contributed by atoms with Crippen LogP contribution in [0.25, 0.3) is 0 Å². The minimum Gasteiger partial charge on any atom is -0.396 e. The Morgan fingerprint density at radius 3 is 2.30 bits per heavy atom. The van der Waals surface area contributed by atoms with Crippen LogP contribution in [0.1, 0.15) is 21.5 Å². The molecule has 0 radical (unpaired) electrons. The monoisotopic (exact) mass is 283 g/mol. The molecule has 0 fully saturated rings. The van der Waals surface area contributed by atoms with Crippen molar-refractivity contribution in [2.24, 2.45) is 0 Å². The highest BCUT2D eigenvalue weighted by Gasteiger charge is 2.24. The van der Waals surface area contributed by atoms with Crippen LogP contribution in [0.3, 0.4) is 0 Å². The maximum absolute atomic E-state index is 13.7. The van der Waals surface area contributed by atoms with Gasteiger partial charge in [-0.1, -0.05) is 0 Å². The number of halogens is 4. The molecule has 0 aromatic heterocycles. The molecular weight excluding hydrogens is 274 g/mol. The fraction of sp³-hybridized carbons (Fsp3) is 0.0714. The second-order valence-electron chi connectivity index (χ2n) is 4.24. The van der Waals surface area contributed by atoms with E-state index < -0.39 is 45.9 Å². The number of ketones is 1. The summed E-state index contributed by atoms with van der Waals surface area (Å²) in [5, 5.41) is 0. The number of nitrogens with two attached hydrogens (primary N) is 1. The molecule has 20 heavy (non-hydrogen) atoms. The van der Waals surface area contributed by atoms with Crippen LogP contribution in [0.4, 0.5) is 23.2 Å². The quantitative estimate of drug-likeness (QED) is 0.521. The third kappa shape index (κ3) is 2.24. The molecule has 0 bridgehead atoms. The van der Waals surface area contributed by atoms with Crippen LogP contribution in [0.5, 0.6) is 0 Å². The van der Waals surface area contributed by atoms with Gasteiger partial charge in [-0.15, -0.1) is 0 Å². The first-order valence-electron chi connectivity index (χ1n) is 5.56. The van der Waals surface area contributed by atoms with Gasteiger partial charge in [0.05, 0.1) is 16.8 Å². The molecule has 104 valence electrons. The number of rotatable bonds is 2. The van der Waals surface area contributed by atoms with Crippen LogP contribution in [0.2, 0.25) is 0 Å². The molecule has 0 saturated carbocycles. The van der Waals surface area contributed by atoms with E-state index >= 15 is 0 Å². The molecule has 0 aliphatic carbocycles. The summed E-state index contributed by atoms with van der Waals surface area (Å²) >= 11 is 0. The molecule has 0 saturated heterocycles. The minimum atomic E-state index is -1.27. The van der Waals surface area contributed by atoms with Gasteiger partial charge in [0.25, 0.3) is 0 Å². The number of carbonyl (C=O) groups is 1. The summed E-state index contributed by atoms with van der Waals surface area (Å²) in [6, 6.07) is 3.15. The minimum absolute atomic E-state index is 0.0144. The van der Waals surface area contributed by atoms with Crippen LogP contribution in [-0.4, -0.2) is 5.78 Å². The largest absolute Gasteiger partial charge is 0.396 e. The lowest BCUT2D eigenvalue weighted by molar-refractivity contribution is 0.102. The van der Waals surface area contributed by atoms with Crippen molar-refractivity contribution in [3.05, 3.63) is 64.2 Å². The lowest BCUT2D eigenvalue weighted by atomic mass is 9.99. The predicted molar refractivity (Wildman–Crippen MR) is 65.3 cm³/mol. The Labute approximate surface area is 111 Å². The normalized spacial score (nSPS) is 10.7. The number of anilines is 1. The van der Waals surface area contributed by atoms with E-state index in [9.17, 15) is 22.4 Å². The molecule has 0 unspecified atom stereocenters. The zero-order chi connectivity index (χ0) is 15.0. The van der Waals surface area contributed by atoms with Crippen molar-refractivity contribution < 1.29 is 22.4 Å². The molecule has 2 rings (SSSR count). The second kappa shape index (κ2) is 4.96. The molecule has 2 N–H and O–H groups in total. The van der Waals surface area contributed by atoms with Crippen molar-refractivity contribution in [1.82, 2.24) is 0 Å². The Balaban J connectivity index is 2.64. The van der Waals surface area contributed by atoms with E-state index in [2.05, 4.69) is 0 Å². The van der Waals surface area contributed by atoms with Crippen LogP contribution in [0, 0.1) is 30.2 Å². The molecule has 0 aliphatic rings. The predicted octanol–water partition coefficient (Wildman–Crippen LogP) is 3.36. The number of nitrogen functional groups attached to an aromatic ring is 1. The van der Waals surface area contributed by atoms with Crippen molar-refractivity contribution in [3.8, 4) is 0 Å². The summed E-state index contributed by atoms with van der Waals surface area (Å²) in [6.45, 7) is 1.30. The van der Waals surface area contributed by atoms with Gasteiger partial charge in [-0.2, -0.15) is 0 Å². The van der Waals surface area contributed by atoms with Gasteiger partial charge in [-0.3, -0.25) is 4.79 Å². The molecule has 2 nitrogen and oxygen atoms in total. The van der Waals surface area contributed by atoms with Gasteiger partial charge in [-0.25, -0.2) is 17.6 Å². The summed E-state index contributed by atoms with van der Waals surface area (Å²) in [4.78, 5) is 12.0. The van der Waals surface area contributed by atoms with Gasteiger partial charge in [0, 0.05) is 6.07 Å². The number of hydrogen-bond donors (Lipinski definition) is 1. The summed E-state index contributed by atoms with van der Waals surface area (Å²) in [5.74, 6) is -5.71. The van der Waals surface area contributed by atoms with E-state index in [1.54, 1.807) is 0 Å². The van der Waals surface area contributed by atoms with E-state index in [-0.39, 0.29) is 5.56 Å². The van der Waals surface area contributed by atoms with E-state index in [1.165, 1.54) is 6.92 Å². The third-order valence-corrected chi connectivity index (χ3v) is 2.84. The smallest absolute Gasteiger partial charge is 0.201 e. The van der Waals surface area contributed by atoms with Crippen LogP contribution in [-0.2, 0) is 0 Å². The molecule has 2 aromatic carbocycles. The maximum Gasteiger partial charge on any atom is 0.201 e. The highest BCUT2D eigenvalue weighted by atomic mass is 19.1. The van der Waals surface area contributed by atoms with E-state index in [0.29, 0.717) is 6.07 Å². The molecule has 6 heteroatoms. The van der Waals surface area contributed by atoms with Crippen molar-refractivity contribution >= 4 is 11.5 Å². The first-order chi connectivity index (χ1) is 9.32. The van der Waals surface area contributed by atoms with Crippen molar-refractivity contribution in [2.45, 2.75) is 6.92 Å². The second-order valence-corrected chi connectivity index (χ2v) is 4.24. The highest BCUT2D eigenvalue weighted by molar-refractivity contribution is 6.10. The summed E-state index contributed by atoms with van der Waals surface area (Å²) in [7, 11) is 0. The zero-order valence-electron chi connectivity index (χ0n) is 10.3. The number of hydrogen-bond acceptors (Lipinski definition) is 2. The first-order valence-corrected chi connectivity index (χ1v) is 5.56. The van der Waals surface area contributed by atoms with E-state index in [4.69, 9.17) is 5.73 Å². The lowest BCUT2D eigenvalue weighted by Gasteiger charge is -2.08. The zero-order valence-corrected chi connectivity index (χ0v) is 10.3. The first kappa shape index (κ1) is 14.0. The third-order valence-electron chi connectivity index (χ3n) is 2.84.